The quantitative estimate of drug-likeness (QED) is 0.368. The predicted octanol–water partition coefficient (Wildman–Crippen LogP) is 4.72. The van der Waals surface area contributed by atoms with Crippen LogP contribution in [0.2, 0.25) is 0 Å². The first-order chi connectivity index (χ1) is 14.1. The van der Waals surface area contributed by atoms with Gasteiger partial charge in [0.25, 0.3) is 0 Å². The van der Waals surface area contributed by atoms with Crippen molar-refractivity contribution in [3.05, 3.63) is 83.6 Å². The molecule has 0 unspecified atom stereocenters. The third-order valence-corrected chi connectivity index (χ3v) is 4.29. The lowest BCUT2D eigenvalue weighted by Gasteiger charge is -2.04. The number of rotatable bonds is 4. The van der Waals surface area contributed by atoms with E-state index >= 15 is 0 Å². The molecular weight excluding hydrogens is 370 g/mol. The number of esters is 1. The summed E-state index contributed by atoms with van der Waals surface area (Å²) >= 11 is 0. The first kappa shape index (κ1) is 18.4. The predicted molar refractivity (Wildman–Crippen MR) is 109 cm³/mol. The van der Waals surface area contributed by atoms with E-state index in [1.807, 2.05) is 42.5 Å². The molecule has 4 rings (SSSR count). The van der Waals surface area contributed by atoms with Crippen LogP contribution in [0.15, 0.2) is 77.4 Å². The molecule has 0 saturated heterocycles. The highest BCUT2D eigenvalue weighted by Gasteiger charge is 2.25. The molecule has 0 saturated carbocycles. The number of nitrogens with zero attached hydrogens (tertiary/aromatic N) is 1. The van der Waals surface area contributed by atoms with Gasteiger partial charge in [0.1, 0.15) is 5.75 Å². The Labute approximate surface area is 167 Å². The van der Waals surface area contributed by atoms with E-state index in [4.69, 9.17) is 14.2 Å². The van der Waals surface area contributed by atoms with Crippen molar-refractivity contribution < 1.29 is 23.8 Å². The summed E-state index contributed by atoms with van der Waals surface area (Å²) < 4.78 is 15.1. The molecule has 1 aliphatic rings. The van der Waals surface area contributed by atoms with E-state index in [-0.39, 0.29) is 18.2 Å². The zero-order chi connectivity index (χ0) is 20.2. The summed E-state index contributed by atoms with van der Waals surface area (Å²) in [7, 11) is 0. The number of aliphatic imine (C=N–C) groups is 1. The lowest BCUT2D eigenvalue weighted by Crippen LogP contribution is -2.09. The van der Waals surface area contributed by atoms with Gasteiger partial charge in [-0.25, -0.2) is 14.6 Å². The van der Waals surface area contributed by atoms with Crippen molar-refractivity contribution in [2.45, 2.75) is 6.92 Å². The molecule has 144 valence electrons. The molecule has 0 aliphatic carbocycles. The monoisotopic (exact) mass is 387 g/mol. The highest BCUT2D eigenvalue weighted by molar-refractivity contribution is 6.17. The molecule has 3 aromatic carbocycles. The van der Waals surface area contributed by atoms with Gasteiger partial charge in [-0.3, -0.25) is 0 Å². The summed E-state index contributed by atoms with van der Waals surface area (Å²) in [6.45, 7) is 1.94. The molecule has 0 N–H and O–H groups in total. The van der Waals surface area contributed by atoms with Crippen molar-refractivity contribution in [2.24, 2.45) is 4.99 Å². The maximum absolute atomic E-state index is 12.3. The van der Waals surface area contributed by atoms with E-state index in [1.54, 1.807) is 37.3 Å². The summed E-state index contributed by atoms with van der Waals surface area (Å²) in [5.41, 5.74) is 1.68. The Balaban J connectivity index is 1.59. The highest BCUT2D eigenvalue weighted by Crippen LogP contribution is 2.25. The van der Waals surface area contributed by atoms with Crippen molar-refractivity contribution >= 4 is 34.9 Å². The lowest BCUT2D eigenvalue weighted by atomic mass is 10.0. The summed E-state index contributed by atoms with van der Waals surface area (Å²) in [6, 6.07) is 20.2. The standard InChI is InChI=1S/C23H17NO5/c1-2-27-23(26)28-17-12-10-15(11-13-17)14-20-22(25)29-21(24-20)19-9-5-7-16-6-3-4-8-18(16)19/h3-14H,2H2,1H3. The number of fused-ring (bicyclic) bond motifs is 1. The van der Waals surface area contributed by atoms with Crippen LogP contribution in [0.3, 0.4) is 0 Å². The maximum atomic E-state index is 12.3. The number of hydrogen-bond donors (Lipinski definition) is 0. The van der Waals surface area contributed by atoms with E-state index in [1.165, 1.54) is 0 Å². The summed E-state index contributed by atoms with van der Waals surface area (Å²) in [5, 5.41) is 2.00. The van der Waals surface area contributed by atoms with Crippen LogP contribution in [-0.2, 0) is 14.3 Å². The zero-order valence-electron chi connectivity index (χ0n) is 15.6. The summed E-state index contributed by atoms with van der Waals surface area (Å²) in [5.74, 6) is 0.111. The first-order valence-corrected chi connectivity index (χ1v) is 9.09. The Kier molecular flexibility index (Phi) is 5.07. The van der Waals surface area contributed by atoms with Crippen LogP contribution in [0.1, 0.15) is 18.1 Å². The smallest absolute Gasteiger partial charge is 0.434 e. The minimum atomic E-state index is -0.762. The molecule has 0 amide bonds. The van der Waals surface area contributed by atoms with Crippen molar-refractivity contribution in [1.29, 1.82) is 0 Å². The third kappa shape index (κ3) is 4.01. The average molecular weight is 387 g/mol. The Morgan fingerprint density at radius 3 is 2.59 bits per heavy atom. The van der Waals surface area contributed by atoms with Gasteiger partial charge in [0, 0.05) is 5.56 Å². The van der Waals surface area contributed by atoms with Gasteiger partial charge in [-0.2, -0.15) is 0 Å². The summed E-state index contributed by atoms with van der Waals surface area (Å²) in [4.78, 5) is 28.0. The fourth-order valence-corrected chi connectivity index (χ4v) is 2.97. The molecule has 6 nitrogen and oxygen atoms in total. The van der Waals surface area contributed by atoms with Crippen molar-refractivity contribution in [3.63, 3.8) is 0 Å². The number of hydrogen-bond acceptors (Lipinski definition) is 6. The number of benzene rings is 3. The Morgan fingerprint density at radius 2 is 1.79 bits per heavy atom. The van der Waals surface area contributed by atoms with Crippen LogP contribution in [0.5, 0.6) is 5.75 Å². The fourth-order valence-electron chi connectivity index (χ4n) is 2.97. The van der Waals surface area contributed by atoms with Gasteiger partial charge in [0.15, 0.2) is 5.70 Å². The Morgan fingerprint density at radius 1 is 1.03 bits per heavy atom. The number of ether oxygens (including phenoxy) is 3. The molecular formula is C23H17NO5. The van der Waals surface area contributed by atoms with E-state index in [0.29, 0.717) is 5.75 Å². The first-order valence-electron chi connectivity index (χ1n) is 9.09. The minimum Gasteiger partial charge on any atom is -0.434 e. The van der Waals surface area contributed by atoms with E-state index in [2.05, 4.69) is 4.99 Å². The van der Waals surface area contributed by atoms with Gasteiger partial charge in [0.2, 0.25) is 5.90 Å². The SMILES string of the molecule is CCOC(=O)Oc1ccc(C=C2N=C(c3cccc4ccccc34)OC2=O)cc1. The fraction of sp³-hybridized carbons (Fsp3) is 0.0870. The van der Waals surface area contributed by atoms with Crippen molar-refractivity contribution in [3.8, 4) is 5.75 Å². The number of carbonyl (C=O) groups excluding carboxylic acids is 2. The molecule has 6 heteroatoms. The van der Waals surface area contributed by atoms with Gasteiger partial charge in [-0.15, -0.1) is 0 Å². The summed E-state index contributed by atoms with van der Waals surface area (Å²) in [6.07, 6.45) is 0.858. The minimum absolute atomic E-state index is 0.201. The molecule has 1 heterocycles. The number of carbonyl (C=O) groups is 2. The number of cyclic esters (lactones) is 1. The van der Waals surface area contributed by atoms with Crippen LogP contribution in [0, 0.1) is 0 Å². The zero-order valence-corrected chi connectivity index (χ0v) is 15.6. The van der Waals surface area contributed by atoms with Gasteiger partial charge < -0.3 is 14.2 Å². The lowest BCUT2D eigenvalue weighted by molar-refractivity contribution is -0.129. The van der Waals surface area contributed by atoms with Gasteiger partial charge >= 0.3 is 12.1 Å². The normalized spacial score (nSPS) is 14.6. The van der Waals surface area contributed by atoms with Gasteiger partial charge in [-0.1, -0.05) is 48.5 Å². The molecule has 29 heavy (non-hydrogen) atoms. The largest absolute Gasteiger partial charge is 0.513 e. The molecule has 0 fully saturated rings. The topological polar surface area (TPSA) is 74.2 Å². The van der Waals surface area contributed by atoms with Crippen LogP contribution in [-0.4, -0.2) is 24.6 Å². The van der Waals surface area contributed by atoms with Crippen molar-refractivity contribution in [2.75, 3.05) is 6.61 Å². The molecule has 3 aromatic rings. The molecule has 0 radical (unpaired) electrons. The van der Waals surface area contributed by atoms with Gasteiger partial charge in [0.05, 0.1) is 6.61 Å². The molecule has 0 spiro atoms. The molecule has 0 aromatic heterocycles. The molecule has 1 aliphatic heterocycles. The van der Waals surface area contributed by atoms with Crippen LogP contribution >= 0.6 is 0 Å². The van der Waals surface area contributed by atoms with E-state index < -0.39 is 12.1 Å². The third-order valence-electron chi connectivity index (χ3n) is 4.29. The average Bonchev–Trinajstić information content (AvgIpc) is 3.09. The van der Waals surface area contributed by atoms with Crippen LogP contribution < -0.4 is 4.74 Å². The van der Waals surface area contributed by atoms with Crippen LogP contribution in [0.25, 0.3) is 16.8 Å². The van der Waals surface area contributed by atoms with E-state index in [9.17, 15) is 9.59 Å². The van der Waals surface area contributed by atoms with Crippen LogP contribution in [0.4, 0.5) is 4.79 Å². The highest BCUT2D eigenvalue weighted by atomic mass is 16.7. The van der Waals surface area contributed by atoms with Crippen molar-refractivity contribution in [1.82, 2.24) is 0 Å². The Hall–Kier alpha value is -3.93. The second-order valence-corrected chi connectivity index (χ2v) is 6.22. The second-order valence-electron chi connectivity index (χ2n) is 6.22. The molecule has 0 atom stereocenters. The Bertz CT molecular complexity index is 1140. The maximum Gasteiger partial charge on any atom is 0.513 e. The van der Waals surface area contributed by atoms with Gasteiger partial charge in [-0.05, 0) is 47.5 Å². The molecule has 0 bridgehead atoms. The second kappa shape index (κ2) is 7.98. The van der Waals surface area contributed by atoms with E-state index in [0.717, 1.165) is 21.9 Å².